The van der Waals surface area contributed by atoms with Crippen molar-refractivity contribution in [2.75, 3.05) is 23.9 Å². The number of esters is 1. The summed E-state index contributed by atoms with van der Waals surface area (Å²) < 4.78 is 31.4. The number of hydrogen-bond acceptors (Lipinski definition) is 5. The smallest absolute Gasteiger partial charge is 0.329 e. The van der Waals surface area contributed by atoms with Gasteiger partial charge in [-0.15, -0.1) is 0 Å². The summed E-state index contributed by atoms with van der Waals surface area (Å²) in [7, 11) is 0. The summed E-state index contributed by atoms with van der Waals surface area (Å²) in [4.78, 5) is 36.5. The second-order valence-electron chi connectivity index (χ2n) is 5.95. The molecule has 0 unspecified atom stereocenters. The van der Waals surface area contributed by atoms with Crippen LogP contribution in [0.15, 0.2) is 48.5 Å². The van der Waals surface area contributed by atoms with Crippen LogP contribution in [0.2, 0.25) is 0 Å². The highest BCUT2D eigenvalue weighted by Crippen LogP contribution is 2.14. The van der Waals surface area contributed by atoms with Crippen LogP contribution in [0.3, 0.4) is 0 Å². The van der Waals surface area contributed by atoms with Gasteiger partial charge in [-0.1, -0.05) is 18.2 Å². The maximum atomic E-state index is 13.6. The molecule has 9 heteroatoms. The van der Waals surface area contributed by atoms with E-state index >= 15 is 0 Å². The summed E-state index contributed by atoms with van der Waals surface area (Å²) in [5.74, 6) is -3.15. The van der Waals surface area contributed by atoms with E-state index in [0.717, 1.165) is 12.1 Å². The average Bonchev–Trinajstić information content (AvgIpc) is 2.71. The van der Waals surface area contributed by atoms with Gasteiger partial charge in [-0.05, 0) is 42.7 Å². The van der Waals surface area contributed by atoms with E-state index in [1.807, 2.05) is 6.26 Å². The Morgan fingerprint density at radius 2 is 1.83 bits per heavy atom. The molecule has 0 aliphatic rings. The van der Waals surface area contributed by atoms with E-state index in [0.29, 0.717) is 23.8 Å². The summed E-state index contributed by atoms with van der Waals surface area (Å²) in [5.41, 5.74) is 0.155. The van der Waals surface area contributed by atoms with E-state index in [2.05, 4.69) is 10.6 Å². The third kappa shape index (κ3) is 7.19. The Bertz CT molecular complexity index is 865. The molecule has 2 rings (SSSR count). The quantitative estimate of drug-likeness (QED) is 0.607. The Morgan fingerprint density at radius 1 is 1.10 bits per heavy atom. The molecule has 0 aliphatic heterocycles. The lowest BCUT2D eigenvalue weighted by molar-refractivity contribution is -0.149. The third-order valence-electron chi connectivity index (χ3n) is 3.79. The minimum Gasteiger partial charge on any atom is -0.454 e. The van der Waals surface area contributed by atoms with Crippen molar-refractivity contribution in [1.82, 2.24) is 5.32 Å². The van der Waals surface area contributed by atoms with Gasteiger partial charge in [-0.25, -0.2) is 13.6 Å². The van der Waals surface area contributed by atoms with E-state index in [1.165, 1.54) is 11.8 Å². The maximum absolute atomic E-state index is 13.6. The highest BCUT2D eigenvalue weighted by molar-refractivity contribution is 7.98. The molecule has 2 amide bonds. The van der Waals surface area contributed by atoms with E-state index in [-0.39, 0.29) is 5.69 Å². The van der Waals surface area contributed by atoms with Crippen LogP contribution in [0.4, 0.5) is 14.5 Å². The summed E-state index contributed by atoms with van der Waals surface area (Å²) in [6, 6.07) is 10.1. The lowest BCUT2D eigenvalue weighted by atomic mass is 10.1. The molecular weight excluding hydrogens is 402 g/mol. The molecule has 1 atom stereocenters. The zero-order valence-corrected chi connectivity index (χ0v) is 16.4. The number of ether oxygens (including phenoxy) is 1. The fourth-order valence-corrected chi connectivity index (χ4v) is 2.80. The number of carbonyl (C=O) groups excluding carboxylic acids is 3. The summed E-state index contributed by atoms with van der Waals surface area (Å²) >= 11 is 1.49. The number of benzene rings is 2. The minimum atomic E-state index is -0.947. The maximum Gasteiger partial charge on any atom is 0.329 e. The van der Waals surface area contributed by atoms with Crippen LogP contribution < -0.4 is 10.6 Å². The van der Waals surface area contributed by atoms with Gasteiger partial charge >= 0.3 is 5.97 Å². The van der Waals surface area contributed by atoms with Gasteiger partial charge in [0.15, 0.2) is 6.61 Å². The van der Waals surface area contributed by atoms with Crippen LogP contribution in [0.5, 0.6) is 0 Å². The highest BCUT2D eigenvalue weighted by atomic mass is 32.2. The first-order chi connectivity index (χ1) is 13.9. The van der Waals surface area contributed by atoms with Gasteiger partial charge in [0.25, 0.3) is 11.8 Å². The van der Waals surface area contributed by atoms with Crippen LogP contribution in [0.1, 0.15) is 16.8 Å². The average molecular weight is 422 g/mol. The fourth-order valence-electron chi connectivity index (χ4n) is 2.33. The Balaban J connectivity index is 1.92. The van der Waals surface area contributed by atoms with Crippen molar-refractivity contribution in [1.29, 1.82) is 0 Å². The van der Waals surface area contributed by atoms with Crippen molar-refractivity contribution in [3.8, 4) is 0 Å². The molecule has 2 aromatic rings. The first kappa shape index (κ1) is 22.4. The molecule has 0 saturated heterocycles. The Hall–Kier alpha value is -2.94. The van der Waals surface area contributed by atoms with E-state index < -0.39 is 42.1 Å². The van der Waals surface area contributed by atoms with Crippen molar-refractivity contribution in [2.24, 2.45) is 0 Å². The van der Waals surface area contributed by atoms with Gasteiger partial charge in [-0.3, -0.25) is 9.59 Å². The summed E-state index contributed by atoms with van der Waals surface area (Å²) in [6.07, 6.45) is 2.17. The molecule has 0 aliphatic carbocycles. The van der Waals surface area contributed by atoms with Crippen molar-refractivity contribution in [2.45, 2.75) is 12.5 Å². The Labute approximate surface area is 171 Å². The van der Waals surface area contributed by atoms with Crippen molar-refractivity contribution in [3.63, 3.8) is 0 Å². The largest absolute Gasteiger partial charge is 0.454 e. The lowest BCUT2D eigenvalue weighted by Gasteiger charge is -2.17. The van der Waals surface area contributed by atoms with Gasteiger partial charge in [0, 0.05) is 11.6 Å². The SMILES string of the molecule is CSCC[C@H](NC(=O)c1ccccc1)C(=O)OCC(=O)Nc1ccc(F)cc1F. The summed E-state index contributed by atoms with van der Waals surface area (Å²) in [6.45, 7) is -0.674. The molecule has 0 radical (unpaired) electrons. The van der Waals surface area contributed by atoms with Gasteiger partial charge in [0.2, 0.25) is 0 Å². The van der Waals surface area contributed by atoms with Gasteiger partial charge in [-0.2, -0.15) is 11.8 Å². The van der Waals surface area contributed by atoms with Crippen LogP contribution in [0.25, 0.3) is 0 Å². The Morgan fingerprint density at radius 3 is 2.48 bits per heavy atom. The molecule has 0 heterocycles. The van der Waals surface area contributed by atoms with Crippen LogP contribution in [-0.4, -0.2) is 42.4 Å². The molecule has 29 heavy (non-hydrogen) atoms. The van der Waals surface area contributed by atoms with Gasteiger partial charge < -0.3 is 15.4 Å². The number of hydrogen-bond donors (Lipinski definition) is 2. The fraction of sp³-hybridized carbons (Fsp3) is 0.250. The lowest BCUT2D eigenvalue weighted by Crippen LogP contribution is -2.43. The number of halogens is 2. The number of rotatable bonds is 9. The van der Waals surface area contributed by atoms with E-state index in [9.17, 15) is 23.2 Å². The van der Waals surface area contributed by atoms with Crippen LogP contribution in [-0.2, 0) is 14.3 Å². The van der Waals surface area contributed by atoms with Crippen LogP contribution in [0, 0.1) is 11.6 Å². The molecule has 0 aromatic heterocycles. The van der Waals surface area contributed by atoms with Gasteiger partial charge in [0.1, 0.15) is 17.7 Å². The molecule has 0 fully saturated rings. The van der Waals surface area contributed by atoms with Gasteiger partial charge in [0.05, 0.1) is 5.69 Å². The molecule has 2 N–H and O–H groups in total. The second-order valence-corrected chi connectivity index (χ2v) is 6.94. The second kappa shape index (κ2) is 11.2. The molecular formula is C20H20F2N2O4S. The Kier molecular flexibility index (Phi) is 8.60. The predicted molar refractivity (Wildman–Crippen MR) is 107 cm³/mol. The van der Waals surface area contributed by atoms with Crippen LogP contribution >= 0.6 is 11.8 Å². The number of thioether (sulfide) groups is 1. The molecule has 0 spiro atoms. The number of nitrogens with one attached hydrogen (secondary N) is 2. The molecule has 6 nitrogen and oxygen atoms in total. The van der Waals surface area contributed by atoms with Crippen molar-refractivity contribution < 1.29 is 27.9 Å². The number of anilines is 1. The minimum absolute atomic E-state index is 0.233. The predicted octanol–water partition coefficient (Wildman–Crippen LogP) is 3.00. The van der Waals surface area contributed by atoms with E-state index in [4.69, 9.17) is 4.74 Å². The molecule has 0 saturated carbocycles. The zero-order valence-electron chi connectivity index (χ0n) is 15.6. The normalized spacial score (nSPS) is 11.4. The van der Waals surface area contributed by atoms with Crippen molar-refractivity contribution >= 4 is 35.2 Å². The monoisotopic (exact) mass is 422 g/mol. The molecule has 154 valence electrons. The zero-order chi connectivity index (χ0) is 21.2. The highest BCUT2D eigenvalue weighted by Gasteiger charge is 2.23. The molecule has 2 aromatic carbocycles. The topological polar surface area (TPSA) is 84.5 Å². The standard InChI is InChI=1S/C20H20F2N2O4S/c1-29-10-9-17(24-19(26)13-5-3-2-4-6-13)20(27)28-12-18(25)23-16-8-7-14(21)11-15(16)22/h2-8,11,17H,9-10,12H2,1H3,(H,23,25)(H,24,26)/t17-/m0/s1. The van der Waals surface area contributed by atoms with E-state index in [1.54, 1.807) is 30.3 Å². The summed E-state index contributed by atoms with van der Waals surface area (Å²) in [5, 5.41) is 4.79. The third-order valence-corrected chi connectivity index (χ3v) is 4.43. The molecule has 0 bridgehead atoms. The van der Waals surface area contributed by atoms with Crippen molar-refractivity contribution in [3.05, 3.63) is 65.7 Å². The number of carbonyl (C=O) groups is 3. The first-order valence-electron chi connectivity index (χ1n) is 8.67. The number of amides is 2. The first-order valence-corrected chi connectivity index (χ1v) is 10.1.